The van der Waals surface area contributed by atoms with Gasteiger partial charge in [0.1, 0.15) is 17.1 Å². The maximum absolute atomic E-state index is 14.3. The summed E-state index contributed by atoms with van der Waals surface area (Å²) in [6.07, 6.45) is 5.54. The van der Waals surface area contributed by atoms with Crippen LogP contribution < -0.4 is 9.47 Å². The van der Waals surface area contributed by atoms with E-state index >= 15 is 0 Å². The molecule has 2 fully saturated rings. The Balaban J connectivity index is 1.41. The number of ether oxygens (including phenoxy) is 3. The number of allylic oxidation sites excluding steroid dienone is 2. The second-order valence-corrected chi connectivity index (χ2v) is 13.8. The molecule has 3 aliphatic carbocycles. The first-order valence-electron chi connectivity index (χ1n) is 16.6. The second kappa shape index (κ2) is 13.3. The van der Waals surface area contributed by atoms with Crippen molar-refractivity contribution in [3.8, 4) is 11.5 Å². The molecule has 3 aromatic rings. The molecular formula is C39H43F2NO6. The predicted octanol–water partition coefficient (Wildman–Crippen LogP) is 7.91. The molecule has 1 spiro atoms. The van der Waals surface area contributed by atoms with E-state index in [1.807, 2.05) is 24.3 Å². The normalized spacial score (nSPS) is 25.8. The lowest BCUT2D eigenvalue weighted by Gasteiger charge is -2.43. The summed E-state index contributed by atoms with van der Waals surface area (Å²) in [4.78, 5) is 29.5. The van der Waals surface area contributed by atoms with Gasteiger partial charge >= 0.3 is 6.09 Å². The van der Waals surface area contributed by atoms with Crippen LogP contribution in [0.3, 0.4) is 0 Å². The molecule has 4 aliphatic rings. The summed E-state index contributed by atoms with van der Waals surface area (Å²) in [6.45, 7) is 4.90. The average Bonchev–Trinajstić information content (AvgIpc) is 3.54. The van der Waals surface area contributed by atoms with Crippen LogP contribution in [0.25, 0.3) is 0 Å². The average molecular weight is 660 g/mol. The van der Waals surface area contributed by atoms with E-state index in [0.717, 1.165) is 41.7 Å². The zero-order valence-electron chi connectivity index (χ0n) is 28.0. The Kier molecular flexibility index (Phi) is 9.35. The van der Waals surface area contributed by atoms with E-state index in [0.29, 0.717) is 62.3 Å². The smallest absolute Gasteiger partial charge is 0.410 e. The van der Waals surface area contributed by atoms with Crippen molar-refractivity contribution in [2.75, 3.05) is 20.8 Å². The van der Waals surface area contributed by atoms with Gasteiger partial charge in [0.05, 0.1) is 33.4 Å². The molecule has 1 saturated heterocycles. The fraction of sp³-hybridized carbons (Fsp3) is 0.436. The molecule has 0 aromatic heterocycles. The zero-order valence-corrected chi connectivity index (χ0v) is 28.0. The highest BCUT2D eigenvalue weighted by molar-refractivity contribution is 6.10. The molecule has 7 nitrogen and oxygen atoms in total. The third-order valence-corrected chi connectivity index (χ3v) is 10.9. The molecule has 4 unspecified atom stereocenters. The van der Waals surface area contributed by atoms with Crippen molar-refractivity contribution in [2.45, 2.75) is 83.0 Å². The summed E-state index contributed by atoms with van der Waals surface area (Å²) >= 11 is 0. The monoisotopic (exact) mass is 659 g/mol. The number of hydrogen-bond acceptors (Lipinski definition) is 6. The molecule has 1 amide bonds. The van der Waals surface area contributed by atoms with Crippen LogP contribution in [0.2, 0.25) is 0 Å². The van der Waals surface area contributed by atoms with E-state index in [2.05, 4.69) is 19.9 Å². The van der Waals surface area contributed by atoms with Gasteiger partial charge in [-0.3, -0.25) is 9.69 Å². The quantitative estimate of drug-likeness (QED) is 0.214. The van der Waals surface area contributed by atoms with Crippen LogP contribution in [-0.4, -0.2) is 54.4 Å². The van der Waals surface area contributed by atoms with Gasteiger partial charge in [-0.15, -0.1) is 0 Å². The summed E-state index contributed by atoms with van der Waals surface area (Å²) in [6, 6.07) is 14.4. The van der Waals surface area contributed by atoms with Crippen molar-refractivity contribution >= 4 is 11.9 Å². The third kappa shape index (κ3) is 6.20. The lowest BCUT2D eigenvalue weighted by atomic mass is 9.64. The maximum Gasteiger partial charge on any atom is 0.410 e. The highest BCUT2D eigenvalue weighted by atomic mass is 19.2. The molecule has 1 N–H and O–H groups in total. The Bertz CT molecular complexity index is 1760. The lowest BCUT2D eigenvalue weighted by molar-refractivity contribution is -0.0373. The summed E-state index contributed by atoms with van der Waals surface area (Å²) in [5.41, 5.74) is 2.63. The lowest BCUT2D eigenvalue weighted by Crippen LogP contribution is -2.48. The SMILES string of the molecule is COc1ccc(CN2CC3(CCC4c5ccc(cc5C(=O)c5ccc(F)c(F)c5)CC(O)CCC(C)=CCCC43C)OC2=O)c(OC)c1. The third-order valence-electron chi connectivity index (χ3n) is 10.9. The molecular weight excluding hydrogens is 616 g/mol. The van der Waals surface area contributed by atoms with Gasteiger partial charge in [-0.2, -0.15) is 0 Å². The summed E-state index contributed by atoms with van der Waals surface area (Å²) in [5, 5.41) is 10.8. The molecule has 4 atom stereocenters. The largest absolute Gasteiger partial charge is 0.497 e. The molecule has 9 heteroatoms. The highest BCUT2D eigenvalue weighted by Crippen LogP contribution is 2.62. The van der Waals surface area contributed by atoms with E-state index in [1.165, 1.54) is 11.6 Å². The summed E-state index contributed by atoms with van der Waals surface area (Å²) in [5.74, 6) is -1.44. The Morgan fingerprint density at radius 2 is 1.83 bits per heavy atom. The summed E-state index contributed by atoms with van der Waals surface area (Å²) in [7, 11) is 3.17. The van der Waals surface area contributed by atoms with Crippen molar-refractivity contribution in [1.82, 2.24) is 4.90 Å². The number of methoxy groups -OCH3 is 2. The van der Waals surface area contributed by atoms with Crippen LogP contribution in [-0.2, 0) is 17.7 Å². The van der Waals surface area contributed by atoms with Gasteiger partial charge in [0.25, 0.3) is 0 Å². The van der Waals surface area contributed by atoms with Crippen molar-refractivity contribution in [2.24, 2.45) is 5.41 Å². The topological polar surface area (TPSA) is 85.3 Å². The minimum atomic E-state index is -1.09. The number of ketones is 1. The number of nitrogens with zero attached hydrogens (tertiary/aromatic N) is 1. The van der Waals surface area contributed by atoms with Gasteiger partial charge in [-0.25, -0.2) is 13.6 Å². The van der Waals surface area contributed by atoms with Gasteiger partial charge in [-0.05, 0) is 105 Å². The van der Waals surface area contributed by atoms with E-state index in [9.17, 15) is 23.5 Å². The van der Waals surface area contributed by atoms with Gasteiger partial charge in [0.2, 0.25) is 0 Å². The van der Waals surface area contributed by atoms with E-state index in [4.69, 9.17) is 14.2 Å². The number of benzene rings is 3. The van der Waals surface area contributed by atoms with Crippen LogP contribution in [0.1, 0.15) is 90.9 Å². The predicted molar refractivity (Wildman–Crippen MR) is 177 cm³/mol. The van der Waals surface area contributed by atoms with E-state index in [1.54, 1.807) is 31.3 Å². The van der Waals surface area contributed by atoms with Crippen LogP contribution in [0, 0.1) is 17.0 Å². The zero-order chi connectivity index (χ0) is 34.2. The molecule has 1 aliphatic heterocycles. The molecule has 3 aromatic carbocycles. The molecule has 1 heterocycles. The number of fused-ring (bicyclic) bond motifs is 8. The Morgan fingerprint density at radius 3 is 2.58 bits per heavy atom. The number of amides is 1. The first-order chi connectivity index (χ1) is 23.0. The number of carbonyl (C=O) groups excluding carboxylic acids is 2. The van der Waals surface area contributed by atoms with Crippen LogP contribution in [0.15, 0.2) is 66.2 Å². The van der Waals surface area contributed by atoms with Crippen molar-refractivity contribution in [3.05, 3.63) is 106 Å². The van der Waals surface area contributed by atoms with Crippen LogP contribution >= 0.6 is 0 Å². The second-order valence-electron chi connectivity index (χ2n) is 13.8. The van der Waals surface area contributed by atoms with Gasteiger partial charge in [0.15, 0.2) is 17.4 Å². The maximum atomic E-state index is 14.3. The number of aliphatic hydroxyl groups is 1. The minimum absolute atomic E-state index is 0.0499. The molecule has 48 heavy (non-hydrogen) atoms. The fourth-order valence-corrected chi connectivity index (χ4v) is 8.09. The van der Waals surface area contributed by atoms with Crippen molar-refractivity contribution in [3.63, 3.8) is 0 Å². The van der Waals surface area contributed by atoms with E-state index in [-0.39, 0.29) is 11.5 Å². The van der Waals surface area contributed by atoms with Gasteiger partial charge < -0.3 is 19.3 Å². The van der Waals surface area contributed by atoms with E-state index < -0.39 is 40.6 Å². The molecule has 254 valence electrons. The molecule has 1 saturated carbocycles. The Hall–Kier alpha value is -4.24. The van der Waals surface area contributed by atoms with Gasteiger partial charge in [0, 0.05) is 28.2 Å². The standard InChI is InChI=1S/C39H43F2NO6/c1-24-6-5-16-38(2)32(15-17-39(38)23-42(37(45)48-39)22-27-9-12-29(46-3)21-35(27)47-4)30-13-8-25(18-28(43)11-7-24)19-31(30)36(44)26-10-14-33(40)34(41)20-26/h6,8-10,12-14,19-21,28,32,43H,5,7,11,15-18,22-23H2,1-4H3. The van der Waals surface area contributed by atoms with Crippen LogP contribution in [0.5, 0.6) is 11.5 Å². The fourth-order valence-electron chi connectivity index (χ4n) is 8.09. The number of rotatable bonds is 6. The Labute approximate surface area is 280 Å². The first-order valence-corrected chi connectivity index (χ1v) is 16.6. The number of hydrogen-bond donors (Lipinski definition) is 1. The van der Waals surface area contributed by atoms with Crippen LogP contribution in [0.4, 0.5) is 13.6 Å². The highest BCUT2D eigenvalue weighted by Gasteiger charge is 2.64. The molecule has 2 bridgehead atoms. The number of carbonyl (C=O) groups is 2. The van der Waals surface area contributed by atoms with Crippen molar-refractivity contribution in [1.29, 1.82) is 0 Å². The summed E-state index contributed by atoms with van der Waals surface area (Å²) < 4.78 is 45.6. The van der Waals surface area contributed by atoms with Crippen molar-refractivity contribution < 1.29 is 37.7 Å². The molecule has 7 rings (SSSR count). The van der Waals surface area contributed by atoms with Gasteiger partial charge in [-0.1, -0.05) is 30.7 Å². The molecule has 0 radical (unpaired) electrons. The minimum Gasteiger partial charge on any atom is -0.497 e. The number of halogens is 2. The number of aliphatic hydroxyl groups excluding tert-OH is 1. The first kappa shape index (κ1) is 33.7. The Morgan fingerprint density at radius 1 is 1.02 bits per heavy atom.